The molecule has 3 aromatic rings. The highest BCUT2D eigenvalue weighted by Crippen LogP contribution is 2.48. The van der Waals surface area contributed by atoms with Gasteiger partial charge in [0.15, 0.2) is 0 Å². The lowest BCUT2D eigenvalue weighted by Gasteiger charge is -2.36. The number of hydrogen-bond acceptors (Lipinski definition) is 4. The highest BCUT2D eigenvalue weighted by Gasteiger charge is 2.35. The fourth-order valence-electron chi connectivity index (χ4n) is 4.40. The Morgan fingerprint density at radius 2 is 1.79 bits per heavy atom. The van der Waals surface area contributed by atoms with Gasteiger partial charge in [0, 0.05) is 18.0 Å². The number of halogens is 3. The molecule has 1 aromatic heterocycles. The van der Waals surface area contributed by atoms with E-state index in [0.29, 0.717) is 35.0 Å². The molecule has 0 radical (unpaired) electrons. The second-order valence-corrected chi connectivity index (χ2v) is 10.3. The van der Waals surface area contributed by atoms with E-state index < -0.39 is 46.4 Å². The van der Waals surface area contributed by atoms with Crippen molar-refractivity contribution in [2.24, 2.45) is 5.92 Å². The number of aromatic amines is 1. The van der Waals surface area contributed by atoms with Gasteiger partial charge in [-0.05, 0) is 73.1 Å². The summed E-state index contributed by atoms with van der Waals surface area (Å²) in [5.74, 6) is -1.95. The standard InChI is InChI=1S/C23H26F3N3O4S/c1-12(31)20(11-30)29-34(32,33)27-10-13-6-15(7-13)21-18-8-17(25)9-19(26)23(18)28-22(21)14-2-4-16(24)5-3-14/h2-5,8-9,12-13,15,20,27-31H,6-7,10-11H2,1H3/t12-,13-,15-,20-/m0/s1. The van der Waals surface area contributed by atoms with Crippen LogP contribution in [0, 0.1) is 23.4 Å². The van der Waals surface area contributed by atoms with Crippen LogP contribution in [-0.4, -0.2) is 48.9 Å². The second-order valence-electron chi connectivity index (χ2n) is 8.76. The van der Waals surface area contributed by atoms with Gasteiger partial charge in [-0.2, -0.15) is 13.1 Å². The predicted octanol–water partition coefficient (Wildman–Crippen LogP) is 2.91. The van der Waals surface area contributed by atoms with Crippen molar-refractivity contribution in [1.82, 2.24) is 14.4 Å². The number of fused-ring (bicyclic) bond motifs is 1. The third-order valence-corrected chi connectivity index (χ3v) is 7.45. The summed E-state index contributed by atoms with van der Waals surface area (Å²) in [5.41, 5.74) is 2.09. The molecule has 1 fully saturated rings. The van der Waals surface area contributed by atoms with Gasteiger partial charge in [-0.25, -0.2) is 17.9 Å². The smallest absolute Gasteiger partial charge is 0.277 e. The van der Waals surface area contributed by atoms with E-state index in [0.717, 1.165) is 6.07 Å². The normalized spacial score (nSPS) is 20.3. The number of aliphatic hydroxyl groups is 2. The number of hydrogen-bond donors (Lipinski definition) is 5. The van der Waals surface area contributed by atoms with Crippen molar-refractivity contribution < 1.29 is 31.8 Å². The molecular formula is C23H26F3N3O4S. The Hall–Kier alpha value is -2.44. The fourth-order valence-corrected chi connectivity index (χ4v) is 5.61. The molecule has 1 aliphatic rings. The van der Waals surface area contributed by atoms with E-state index in [4.69, 9.17) is 0 Å². The number of benzene rings is 2. The Balaban J connectivity index is 1.53. The maximum Gasteiger partial charge on any atom is 0.277 e. The van der Waals surface area contributed by atoms with Crippen LogP contribution < -0.4 is 9.44 Å². The average Bonchev–Trinajstić information content (AvgIpc) is 3.10. The summed E-state index contributed by atoms with van der Waals surface area (Å²) in [5, 5.41) is 19.1. The van der Waals surface area contributed by atoms with Crippen LogP contribution in [0.4, 0.5) is 13.2 Å². The van der Waals surface area contributed by atoms with Gasteiger partial charge in [0.25, 0.3) is 10.2 Å². The summed E-state index contributed by atoms with van der Waals surface area (Å²) < 4.78 is 71.0. The molecule has 0 aliphatic heterocycles. The van der Waals surface area contributed by atoms with E-state index in [9.17, 15) is 31.8 Å². The topological polar surface area (TPSA) is 114 Å². The minimum Gasteiger partial charge on any atom is -0.395 e. The molecule has 11 heteroatoms. The molecule has 184 valence electrons. The van der Waals surface area contributed by atoms with Crippen LogP contribution in [-0.2, 0) is 10.2 Å². The lowest BCUT2D eigenvalue weighted by atomic mass is 9.70. The monoisotopic (exact) mass is 497 g/mol. The largest absolute Gasteiger partial charge is 0.395 e. The molecule has 1 saturated carbocycles. The third-order valence-electron chi connectivity index (χ3n) is 6.29. The first-order valence-corrected chi connectivity index (χ1v) is 12.4. The van der Waals surface area contributed by atoms with Crippen molar-refractivity contribution in [3.8, 4) is 11.3 Å². The van der Waals surface area contributed by atoms with Crippen molar-refractivity contribution >= 4 is 21.1 Å². The van der Waals surface area contributed by atoms with Crippen molar-refractivity contribution in [2.75, 3.05) is 13.2 Å². The zero-order chi connectivity index (χ0) is 24.6. The molecule has 1 heterocycles. The Bertz CT molecular complexity index is 1270. The van der Waals surface area contributed by atoms with Gasteiger partial charge in [0.1, 0.15) is 17.5 Å². The predicted molar refractivity (Wildman–Crippen MR) is 122 cm³/mol. The number of aromatic nitrogens is 1. The molecule has 2 aromatic carbocycles. The van der Waals surface area contributed by atoms with Gasteiger partial charge in [-0.3, -0.25) is 0 Å². The molecular weight excluding hydrogens is 471 g/mol. The average molecular weight is 498 g/mol. The lowest BCUT2D eigenvalue weighted by molar-refractivity contribution is 0.115. The van der Waals surface area contributed by atoms with Gasteiger partial charge in [0.05, 0.1) is 30.0 Å². The van der Waals surface area contributed by atoms with E-state index in [2.05, 4.69) is 14.4 Å². The first-order chi connectivity index (χ1) is 16.1. The molecule has 0 bridgehead atoms. The molecule has 0 unspecified atom stereocenters. The highest BCUT2D eigenvalue weighted by atomic mass is 32.2. The second kappa shape index (κ2) is 9.67. The quantitative estimate of drug-likeness (QED) is 0.313. The number of rotatable bonds is 9. The minimum absolute atomic E-state index is 0.0230. The molecule has 4 rings (SSSR count). The van der Waals surface area contributed by atoms with Gasteiger partial charge in [-0.15, -0.1) is 0 Å². The summed E-state index contributed by atoms with van der Waals surface area (Å²) >= 11 is 0. The lowest BCUT2D eigenvalue weighted by Crippen LogP contribution is -2.50. The van der Waals surface area contributed by atoms with E-state index in [1.165, 1.54) is 25.1 Å². The summed E-state index contributed by atoms with van der Waals surface area (Å²) in [6.07, 6.45) is 0.0747. The summed E-state index contributed by atoms with van der Waals surface area (Å²) in [7, 11) is -3.94. The SMILES string of the molecule is C[C@H](O)[C@H](CO)NS(=O)(=O)NC[C@H]1C[C@H](c2c(-c3ccc(F)cc3)[nH]c3c(F)cc(F)cc32)C1. The van der Waals surface area contributed by atoms with Crippen LogP contribution in [0.1, 0.15) is 31.2 Å². The number of H-pyrrole nitrogens is 1. The van der Waals surface area contributed by atoms with Crippen molar-refractivity contribution in [1.29, 1.82) is 0 Å². The van der Waals surface area contributed by atoms with E-state index >= 15 is 0 Å². The Labute approximate surface area is 195 Å². The highest BCUT2D eigenvalue weighted by molar-refractivity contribution is 7.87. The first kappa shape index (κ1) is 24.7. The first-order valence-electron chi connectivity index (χ1n) is 10.9. The maximum absolute atomic E-state index is 14.5. The van der Waals surface area contributed by atoms with Crippen molar-refractivity contribution in [2.45, 2.75) is 37.8 Å². The van der Waals surface area contributed by atoms with E-state index in [1.807, 2.05) is 0 Å². The van der Waals surface area contributed by atoms with Crippen molar-refractivity contribution in [3.05, 3.63) is 59.4 Å². The van der Waals surface area contributed by atoms with Gasteiger partial charge >= 0.3 is 0 Å². The Morgan fingerprint density at radius 3 is 2.41 bits per heavy atom. The molecule has 0 spiro atoms. The Kier molecular flexibility index (Phi) is 7.02. The minimum atomic E-state index is -3.94. The van der Waals surface area contributed by atoms with E-state index in [-0.39, 0.29) is 23.9 Å². The molecule has 0 saturated heterocycles. The summed E-state index contributed by atoms with van der Waals surface area (Å²) in [6.45, 7) is 0.941. The molecule has 0 amide bonds. The van der Waals surface area contributed by atoms with Gasteiger partial charge in [-0.1, -0.05) is 0 Å². The molecule has 7 nitrogen and oxygen atoms in total. The van der Waals surface area contributed by atoms with Crippen molar-refractivity contribution in [3.63, 3.8) is 0 Å². The number of aliphatic hydroxyl groups excluding tert-OH is 2. The van der Waals surface area contributed by atoms with Crippen LogP contribution in [0.15, 0.2) is 36.4 Å². The number of nitrogens with one attached hydrogen (secondary N) is 3. The fraction of sp³-hybridized carbons (Fsp3) is 0.391. The van der Waals surface area contributed by atoms with Crippen LogP contribution in [0.25, 0.3) is 22.2 Å². The molecule has 1 aliphatic carbocycles. The maximum atomic E-state index is 14.5. The van der Waals surface area contributed by atoms with Crippen LogP contribution in [0.5, 0.6) is 0 Å². The zero-order valence-electron chi connectivity index (χ0n) is 18.4. The molecule has 2 atom stereocenters. The Morgan fingerprint density at radius 1 is 1.12 bits per heavy atom. The molecule has 5 N–H and O–H groups in total. The van der Waals surface area contributed by atoms with Gasteiger partial charge in [0.2, 0.25) is 0 Å². The summed E-state index contributed by atoms with van der Waals surface area (Å²) in [4.78, 5) is 3.02. The van der Waals surface area contributed by atoms with Crippen LogP contribution in [0.2, 0.25) is 0 Å². The summed E-state index contributed by atoms with van der Waals surface area (Å²) in [6, 6.07) is 6.75. The van der Waals surface area contributed by atoms with Gasteiger partial charge < -0.3 is 15.2 Å². The third kappa shape index (κ3) is 5.13. The molecule has 34 heavy (non-hydrogen) atoms. The zero-order valence-corrected chi connectivity index (χ0v) is 19.2. The van der Waals surface area contributed by atoms with Crippen LogP contribution in [0.3, 0.4) is 0 Å². The van der Waals surface area contributed by atoms with Crippen LogP contribution >= 0.6 is 0 Å². The van der Waals surface area contributed by atoms with E-state index in [1.54, 1.807) is 12.1 Å².